The van der Waals surface area contributed by atoms with Gasteiger partial charge in [0.15, 0.2) is 11.9 Å². The minimum absolute atomic E-state index is 0.288. The van der Waals surface area contributed by atoms with Gasteiger partial charge in [-0.3, -0.25) is 4.79 Å². The van der Waals surface area contributed by atoms with Crippen molar-refractivity contribution in [1.82, 2.24) is 5.16 Å². The summed E-state index contributed by atoms with van der Waals surface area (Å²) in [5, 5.41) is 6.15. The van der Waals surface area contributed by atoms with Crippen LogP contribution in [0.5, 0.6) is 0 Å². The minimum Gasteiger partial charge on any atom is -0.449 e. The van der Waals surface area contributed by atoms with E-state index < -0.39 is 18.0 Å². The van der Waals surface area contributed by atoms with E-state index >= 15 is 0 Å². The zero-order valence-electron chi connectivity index (χ0n) is 12.0. The highest BCUT2D eigenvalue weighted by Crippen LogP contribution is 2.10. The molecule has 0 bridgehead atoms. The fourth-order valence-electron chi connectivity index (χ4n) is 1.71. The van der Waals surface area contributed by atoms with Crippen LogP contribution < -0.4 is 5.32 Å². The zero-order chi connectivity index (χ0) is 15.4. The van der Waals surface area contributed by atoms with Crippen LogP contribution in [-0.2, 0) is 9.53 Å². The van der Waals surface area contributed by atoms with E-state index in [9.17, 15) is 9.59 Å². The van der Waals surface area contributed by atoms with E-state index in [1.165, 1.54) is 6.92 Å². The van der Waals surface area contributed by atoms with Gasteiger partial charge in [-0.15, -0.1) is 0 Å². The molecule has 110 valence electrons. The zero-order valence-corrected chi connectivity index (χ0v) is 12.0. The summed E-state index contributed by atoms with van der Waals surface area (Å²) >= 11 is 0. The molecule has 1 aromatic carbocycles. The predicted octanol–water partition coefficient (Wildman–Crippen LogP) is 2.48. The Morgan fingerprint density at radius 1 is 1.29 bits per heavy atom. The number of nitrogens with zero attached hydrogens (tertiary/aromatic N) is 1. The molecule has 1 aromatic heterocycles. The number of aryl methyl sites for hydroxylation is 2. The second-order valence-electron chi connectivity index (χ2n) is 4.73. The summed E-state index contributed by atoms with van der Waals surface area (Å²) in [5.74, 6) is -0.146. The van der Waals surface area contributed by atoms with Gasteiger partial charge in [0.05, 0.1) is 5.56 Å². The van der Waals surface area contributed by atoms with Gasteiger partial charge in [-0.1, -0.05) is 22.9 Å². The molecular weight excluding hydrogens is 272 g/mol. The number of carbonyl (C=O) groups is 2. The number of rotatable bonds is 4. The Bertz CT molecular complexity index is 663. The van der Waals surface area contributed by atoms with Crippen molar-refractivity contribution < 1.29 is 18.8 Å². The Labute approximate surface area is 122 Å². The molecule has 0 aliphatic rings. The molecule has 1 atom stereocenters. The van der Waals surface area contributed by atoms with Gasteiger partial charge in [0, 0.05) is 6.07 Å². The number of hydrogen-bond donors (Lipinski definition) is 1. The van der Waals surface area contributed by atoms with Crippen molar-refractivity contribution in [3.8, 4) is 0 Å². The van der Waals surface area contributed by atoms with E-state index in [1.54, 1.807) is 31.2 Å². The molecule has 0 radical (unpaired) electrons. The number of aromatic nitrogens is 1. The third kappa shape index (κ3) is 3.92. The summed E-state index contributed by atoms with van der Waals surface area (Å²) < 4.78 is 9.96. The Kier molecular flexibility index (Phi) is 4.37. The molecule has 0 saturated carbocycles. The first kappa shape index (κ1) is 14.8. The molecule has 0 saturated heterocycles. The molecule has 0 aliphatic carbocycles. The maximum Gasteiger partial charge on any atom is 0.338 e. The summed E-state index contributed by atoms with van der Waals surface area (Å²) in [6, 6.07) is 8.55. The van der Waals surface area contributed by atoms with E-state index in [0.717, 1.165) is 5.56 Å². The summed E-state index contributed by atoms with van der Waals surface area (Å²) in [6.07, 6.45) is -0.935. The standard InChI is InChI=1S/C15H16N2O4/c1-9-5-4-6-12(7-9)15(19)20-11(3)14(18)16-13-8-10(2)21-17-13/h4-8,11H,1-3H3,(H,16,17,18). The number of esters is 1. The highest BCUT2D eigenvalue weighted by Gasteiger charge is 2.20. The van der Waals surface area contributed by atoms with Crippen LogP contribution in [0.25, 0.3) is 0 Å². The first-order valence-corrected chi connectivity index (χ1v) is 6.47. The number of ether oxygens (including phenoxy) is 1. The van der Waals surface area contributed by atoms with Gasteiger partial charge in [-0.05, 0) is 32.9 Å². The van der Waals surface area contributed by atoms with Gasteiger partial charge in [-0.2, -0.15) is 0 Å². The molecule has 6 heteroatoms. The van der Waals surface area contributed by atoms with Gasteiger partial charge >= 0.3 is 5.97 Å². The van der Waals surface area contributed by atoms with Crippen molar-refractivity contribution in [3.05, 3.63) is 47.2 Å². The molecule has 0 fully saturated rings. The third-order valence-corrected chi connectivity index (χ3v) is 2.79. The monoisotopic (exact) mass is 288 g/mol. The van der Waals surface area contributed by atoms with E-state index in [0.29, 0.717) is 11.3 Å². The van der Waals surface area contributed by atoms with Gasteiger partial charge in [0.1, 0.15) is 5.76 Å². The Morgan fingerprint density at radius 3 is 2.67 bits per heavy atom. The van der Waals surface area contributed by atoms with E-state index in [1.807, 2.05) is 13.0 Å². The maximum atomic E-state index is 11.9. The molecule has 6 nitrogen and oxygen atoms in total. The topological polar surface area (TPSA) is 81.4 Å². The van der Waals surface area contributed by atoms with Gasteiger partial charge in [0.2, 0.25) is 0 Å². The largest absolute Gasteiger partial charge is 0.449 e. The van der Waals surface area contributed by atoms with Crippen molar-refractivity contribution in [1.29, 1.82) is 0 Å². The number of anilines is 1. The lowest BCUT2D eigenvalue weighted by molar-refractivity contribution is -0.123. The lowest BCUT2D eigenvalue weighted by Crippen LogP contribution is -2.30. The summed E-state index contributed by atoms with van der Waals surface area (Å²) in [7, 11) is 0. The van der Waals surface area contributed by atoms with Crippen LogP contribution in [0.2, 0.25) is 0 Å². The fraction of sp³-hybridized carbons (Fsp3) is 0.267. The summed E-state index contributed by atoms with van der Waals surface area (Å²) in [4.78, 5) is 23.8. The van der Waals surface area contributed by atoms with Crippen LogP contribution in [0.1, 0.15) is 28.6 Å². The molecule has 21 heavy (non-hydrogen) atoms. The minimum atomic E-state index is -0.935. The van der Waals surface area contributed by atoms with Crippen LogP contribution in [0.3, 0.4) is 0 Å². The van der Waals surface area contributed by atoms with Crippen LogP contribution in [-0.4, -0.2) is 23.1 Å². The van der Waals surface area contributed by atoms with Crippen LogP contribution in [0.4, 0.5) is 5.82 Å². The fourth-order valence-corrected chi connectivity index (χ4v) is 1.71. The van der Waals surface area contributed by atoms with Crippen molar-refractivity contribution in [2.45, 2.75) is 26.9 Å². The van der Waals surface area contributed by atoms with Gasteiger partial charge in [-0.25, -0.2) is 4.79 Å². The Hall–Kier alpha value is -2.63. The first-order valence-electron chi connectivity index (χ1n) is 6.47. The normalized spacial score (nSPS) is 11.8. The highest BCUT2D eigenvalue weighted by molar-refractivity contribution is 5.96. The van der Waals surface area contributed by atoms with Gasteiger partial charge < -0.3 is 14.6 Å². The Morgan fingerprint density at radius 2 is 2.05 bits per heavy atom. The number of hydrogen-bond acceptors (Lipinski definition) is 5. The second kappa shape index (κ2) is 6.21. The lowest BCUT2D eigenvalue weighted by Gasteiger charge is -2.12. The number of carbonyl (C=O) groups excluding carboxylic acids is 2. The van der Waals surface area contributed by atoms with E-state index in [2.05, 4.69) is 10.5 Å². The highest BCUT2D eigenvalue weighted by atomic mass is 16.5. The van der Waals surface area contributed by atoms with E-state index in [-0.39, 0.29) is 5.82 Å². The molecule has 1 amide bonds. The number of nitrogens with one attached hydrogen (secondary N) is 1. The summed E-state index contributed by atoms with van der Waals surface area (Å²) in [5.41, 5.74) is 1.35. The van der Waals surface area contributed by atoms with E-state index in [4.69, 9.17) is 9.26 Å². The molecule has 0 spiro atoms. The maximum absolute atomic E-state index is 11.9. The van der Waals surface area contributed by atoms with Crippen LogP contribution in [0, 0.1) is 13.8 Å². The SMILES string of the molecule is Cc1cccc(C(=O)OC(C)C(=O)Nc2cc(C)on2)c1. The third-order valence-electron chi connectivity index (χ3n) is 2.79. The van der Waals surface area contributed by atoms with Gasteiger partial charge in [0.25, 0.3) is 5.91 Å². The molecule has 0 aliphatic heterocycles. The quantitative estimate of drug-likeness (QED) is 0.874. The summed E-state index contributed by atoms with van der Waals surface area (Å²) in [6.45, 7) is 5.08. The smallest absolute Gasteiger partial charge is 0.338 e. The lowest BCUT2D eigenvalue weighted by atomic mass is 10.1. The first-order chi connectivity index (χ1) is 9.95. The van der Waals surface area contributed by atoms with Crippen molar-refractivity contribution in [2.75, 3.05) is 5.32 Å². The molecule has 1 unspecified atom stereocenters. The average molecular weight is 288 g/mol. The molecular formula is C15H16N2O4. The average Bonchev–Trinajstić information content (AvgIpc) is 2.84. The van der Waals surface area contributed by atoms with Crippen LogP contribution in [0.15, 0.2) is 34.9 Å². The Balaban J connectivity index is 1.95. The van der Waals surface area contributed by atoms with Crippen molar-refractivity contribution >= 4 is 17.7 Å². The number of benzene rings is 1. The predicted molar refractivity (Wildman–Crippen MR) is 75.9 cm³/mol. The van der Waals surface area contributed by atoms with Crippen LogP contribution >= 0.6 is 0 Å². The molecule has 1 N–H and O–H groups in total. The van der Waals surface area contributed by atoms with Crippen molar-refractivity contribution in [3.63, 3.8) is 0 Å². The van der Waals surface area contributed by atoms with Crippen molar-refractivity contribution in [2.24, 2.45) is 0 Å². The number of amides is 1. The molecule has 1 heterocycles. The molecule has 2 aromatic rings. The molecule has 2 rings (SSSR count). The second-order valence-corrected chi connectivity index (χ2v) is 4.73.